The number of aliphatic hydroxyl groups excluding tert-OH is 1. The summed E-state index contributed by atoms with van der Waals surface area (Å²) in [6, 6.07) is 11.2. The topological polar surface area (TPSA) is 100 Å². The van der Waals surface area contributed by atoms with Gasteiger partial charge in [0.25, 0.3) is 0 Å². The SMILES string of the molecule is CCNc1cc(Nc2nc(-c3ccccn3)nn3ccc(CO)c23)ccn1. The summed E-state index contributed by atoms with van der Waals surface area (Å²) in [5.41, 5.74) is 2.97. The zero-order valence-corrected chi connectivity index (χ0v) is 14.8. The van der Waals surface area contributed by atoms with Gasteiger partial charge in [-0.15, -0.1) is 5.10 Å². The molecule has 0 fully saturated rings. The van der Waals surface area contributed by atoms with Gasteiger partial charge in [0.1, 0.15) is 17.0 Å². The van der Waals surface area contributed by atoms with Crippen LogP contribution in [0.1, 0.15) is 12.5 Å². The summed E-state index contributed by atoms with van der Waals surface area (Å²) in [5.74, 6) is 1.86. The van der Waals surface area contributed by atoms with Gasteiger partial charge in [0.2, 0.25) is 5.82 Å². The molecular formula is C19H19N7O. The minimum Gasteiger partial charge on any atom is -0.392 e. The second kappa shape index (κ2) is 7.38. The van der Waals surface area contributed by atoms with Gasteiger partial charge in [0.15, 0.2) is 5.82 Å². The maximum Gasteiger partial charge on any atom is 0.200 e. The van der Waals surface area contributed by atoms with Crippen LogP contribution in [0.2, 0.25) is 0 Å². The molecule has 0 saturated carbocycles. The monoisotopic (exact) mass is 361 g/mol. The molecule has 0 spiro atoms. The summed E-state index contributed by atoms with van der Waals surface area (Å²) in [7, 11) is 0. The van der Waals surface area contributed by atoms with Gasteiger partial charge in [0.05, 0.1) is 6.61 Å². The number of aliphatic hydroxyl groups is 1. The highest BCUT2D eigenvalue weighted by atomic mass is 16.3. The Morgan fingerprint density at radius 2 is 2.04 bits per heavy atom. The number of pyridine rings is 2. The summed E-state index contributed by atoms with van der Waals surface area (Å²) in [6.07, 6.45) is 5.23. The molecule has 0 saturated heterocycles. The molecule has 0 unspecified atom stereocenters. The van der Waals surface area contributed by atoms with Crippen LogP contribution in [0.3, 0.4) is 0 Å². The van der Waals surface area contributed by atoms with Crippen LogP contribution in [0.4, 0.5) is 17.3 Å². The van der Waals surface area contributed by atoms with E-state index < -0.39 is 0 Å². The Bertz CT molecular complexity index is 1060. The Hall–Kier alpha value is -3.52. The number of anilines is 3. The van der Waals surface area contributed by atoms with Crippen LogP contribution in [0.15, 0.2) is 55.0 Å². The first-order chi connectivity index (χ1) is 13.3. The van der Waals surface area contributed by atoms with Crippen molar-refractivity contribution in [2.45, 2.75) is 13.5 Å². The Morgan fingerprint density at radius 3 is 2.81 bits per heavy atom. The molecule has 0 aliphatic carbocycles. The van der Waals surface area contributed by atoms with Crippen molar-refractivity contribution in [3.63, 3.8) is 0 Å². The molecule has 0 aliphatic rings. The van der Waals surface area contributed by atoms with E-state index in [0.29, 0.717) is 17.3 Å². The van der Waals surface area contributed by atoms with Gasteiger partial charge >= 0.3 is 0 Å². The van der Waals surface area contributed by atoms with Crippen LogP contribution in [-0.4, -0.2) is 36.2 Å². The molecule has 0 radical (unpaired) electrons. The van der Waals surface area contributed by atoms with Crippen LogP contribution in [0.25, 0.3) is 17.0 Å². The molecule has 8 heteroatoms. The standard InChI is InChI=1S/C19H19N7O/c1-2-20-16-11-14(6-9-22-16)23-19-17-13(12-27)7-10-26(17)25-18(24-19)15-5-3-4-8-21-15/h3-11,27H,2,12H2,1H3,(H2,20,22,23,24,25). The molecule has 0 amide bonds. The first kappa shape index (κ1) is 16.9. The molecular weight excluding hydrogens is 342 g/mol. The Balaban J connectivity index is 1.82. The maximum atomic E-state index is 9.69. The number of hydrogen-bond donors (Lipinski definition) is 3. The first-order valence-electron chi connectivity index (χ1n) is 8.66. The van der Waals surface area contributed by atoms with Crippen molar-refractivity contribution in [2.24, 2.45) is 0 Å². The average molecular weight is 361 g/mol. The quantitative estimate of drug-likeness (QED) is 0.485. The second-order valence-corrected chi connectivity index (χ2v) is 5.88. The molecule has 0 aliphatic heterocycles. The van der Waals surface area contributed by atoms with Gasteiger partial charge in [-0.1, -0.05) is 6.07 Å². The van der Waals surface area contributed by atoms with Crippen LogP contribution < -0.4 is 10.6 Å². The molecule has 4 heterocycles. The fourth-order valence-electron chi connectivity index (χ4n) is 2.83. The smallest absolute Gasteiger partial charge is 0.200 e. The lowest BCUT2D eigenvalue weighted by Gasteiger charge is -2.12. The Kier molecular flexibility index (Phi) is 4.63. The molecule has 0 aromatic carbocycles. The minimum atomic E-state index is -0.101. The van der Waals surface area contributed by atoms with E-state index in [4.69, 9.17) is 0 Å². The molecule has 0 atom stereocenters. The number of fused-ring (bicyclic) bond motifs is 1. The van der Waals surface area contributed by atoms with Gasteiger partial charge in [0, 0.05) is 42.5 Å². The van der Waals surface area contributed by atoms with Crippen molar-refractivity contribution < 1.29 is 5.11 Å². The summed E-state index contributed by atoms with van der Waals surface area (Å²) in [5, 5.41) is 20.7. The van der Waals surface area contributed by atoms with Crippen molar-refractivity contribution in [1.29, 1.82) is 0 Å². The average Bonchev–Trinajstić information content (AvgIpc) is 3.13. The molecule has 0 bridgehead atoms. The number of aromatic nitrogens is 5. The Labute approximate surface area is 155 Å². The molecule has 4 rings (SSSR count). The molecule has 8 nitrogen and oxygen atoms in total. The number of rotatable bonds is 6. The molecule has 136 valence electrons. The van der Waals surface area contributed by atoms with Gasteiger partial charge in [-0.3, -0.25) is 4.98 Å². The van der Waals surface area contributed by atoms with Crippen LogP contribution >= 0.6 is 0 Å². The third kappa shape index (κ3) is 3.42. The number of nitrogens with zero attached hydrogens (tertiary/aromatic N) is 5. The normalized spacial score (nSPS) is 10.9. The first-order valence-corrected chi connectivity index (χ1v) is 8.66. The predicted molar refractivity (Wildman–Crippen MR) is 104 cm³/mol. The summed E-state index contributed by atoms with van der Waals surface area (Å²) >= 11 is 0. The third-order valence-electron chi connectivity index (χ3n) is 4.04. The van der Waals surface area contributed by atoms with Gasteiger partial charge < -0.3 is 15.7 Å². The number of nitrogens with one attached hydrogen (secondary N) is 2. The summed E-state index contributed by atoms with van der Waals surface area (Å²) in [4.78, 5) is 13.3. The highest BCUT2D eigenvalue weighted by molar-refractivity contribution is 5.78. The van der Waals surface area contributed by atoms with Crippen LogP contribution in [-0.2, 0) is 6.61 Å². The number of hydrogen-bond acceptors (Lipinski definition) is 7. The fraction of sp³-hybridized carbons (Fsp3) is 0.158. The minimum absolute atomic E-state index is 0.101. The van der Waals surface area contributed by atoms with E-state index in [2.05, 4.69) is 30.7 Å². The van der Waals surface area contributed by atoms with Crippen molar-refractivity contribution in [2.75, 3.05) is 17.2 Å². The van der Waals surface area contributed by atoms with Gasteiger partial charge in [-0.2, -0.15) is 0 Å². The van der Waals surface area contributed by atoms with E-state index in [0.717, 1.165) is 29.1 Å². The molecule has 3 N–H and O–H groups in total. The predicted octanol–water partition coefficient (Wildman–Crippen LogP) is 2.85. The summed E-state index contributed by atoms with van der Waals surface area (Å²) in [6.45, 7) is 2.70. The third-order valence-corrected chi connectivity index (χ3v) is 4.04. The van der Waals surface area contributed by atoms with Crippen molar-refractivity contribution >= 4 is 22.8 Å². The van der Waals surface area contributed by atoms with Crippen LogP contribution in [0.5, 0.6) is 0 Å². The van der Waals surface area contributed by atoms with Crippen molar-refractivity contribution in [3.05, 3.63) is 60.6 Å². The lowest BCUT2D eigenvalue weighted by Crippen LogP contribution is -2.06. The zero-order valence-electron chi connectivity index (χ0n) is 14.8. The largest absolute Gasteiger partial charge is 0.392 e. The van der Waals surface area contributed by atoms with E-state index in [9.17, 15) is 5.11 Å². The van der Waals surface area contributed by atoms with E-state index in [-0.39, 0.29) is 6.61 Å². The second-order valence-electron chi connectivity index (χ2n) is 5.88. The molecule has 4 aromatic heterocycles. The van der Waals surface area contributed by atoms with Gasteiger partial charge in [-0.05, 0) is 31.2 Å². The maximum absolute atomic E-state index is 9.69. The molecule has 27 heavy (non-hydrogen) atoms. The van der Waals surface area contributed by atoms with E-state index >= 15 is 0 Å². The molecule has 4 aromatic rings. The van der Waals surface area contributed by atoms with E-state index in [1.54, 1.807) is 23.1 Å². The Morgan fingerprint density at radius 1 is 1.11 bits per heavy atom. The van der Waals surface area contributed by atoms with Crippen molar-refractivity contribution in [3.8, 4) is 11.5 Å². The fourth-order valence-corrected chi connectivity index (χ4v) is 2.83. The van der Waals surface area contributed by atoms with E-state index in [1.165, 1.54) is 0 Å². The van der Waals surface area contributed by atoms with Crippen molar-refractivity contribution in [1.82, 2.24) is 24.6 Å². The highest BCUT2D eigenvalue weighted by Gasteiger charge is 2.14. The van der Waals surface area contributed by atoms with Crippen LogP contribution in [0, 0.1) is 0 Å². The lowest BCUT2D eigenvalue weighted by atomic mass is 10.2. The zero-order chi connectivity index (χ0) is 18.6. The van der Waals surface area contributed by atoms with E-state index in [1.807, 2.05) is 43.3 Å². The highest BCUT2D eigenvalue weighted by Crippen LogP contribution is 2.26. The summed E-state index contributed by atoms with van der Waals surface area (Å²) < 4.78 is 1.71. The van der Waals surface area contributed by atoms with Gasteiger partial charge in [-0.25, -0.2) is 14.5 Å². The lowest BCUT2D eigenvalue weighted by molar-refractivity contribution is 0.283.